The third-order valence-electron chi connectivity index (χ3n) is 6.00. The quantitative estimate of drug-likeness (QED) is 0.304. The van der Waals surface area contributed by atoms with Crippen LogP contribution < -0.4 is 4.90 Å². The summed E-state index contributed by atoms with van der Waals surface area (Å²) in [7, 11) is 0. The Hall–Kier alpha value is -3.73. The molecule has 1 aliphatic rings. The summed E-state index contributed by atoms with van der Waals surface area (Å²) in [5, 5.41) is 11.2. The molecule has 0 bridgehead atoms. The number of anilines is 1. The van der Waals surface area contributed by atoms with Crippen molar-refractivity contribution in [1.29, 1.82) is 0 Å². The van der Waals surface area contributed by atoms with E-state index in [1.165, 1.54) is 23.1 Å². The van der Waals surface area contributed by atoms with Crippen molar-refractivity contribution < 1.29 is 19.1 Å². The van der Waals surface area contributed by atoms with E-state index in [9.17, 15) is 19.1 Å². The van der Waals surface area contributed by atoms with Crippen LogP contribution in [0.3, 0.4) is 0 Å². The van der Waals surface area contributed by atoms with E-state index in [0.29, 0.717) is 16.8 Å². The Labute approximate surface area is 193 Å². The smallest absolute Gasteiger partial charge is 0.300 e. The van der Waals surface area contributed by atoms with Gasteiger partial charge in [-0.3, -0.25) is 14.5 Å². The summed E-state index contributed by atoms with van der Waals surface area (Å²) < 4.78 is 13.8. The van der Waals surface area contributed by atoms with E-state index >= 15 is 0 Å². The number of amides is 1. The van der Waals surface area contributed by atoms with Crippen molar-refractivity contribution in [2.45, 2.75) is 39.2 Å². The maximum atomic E-state index is 13.8. The molecule has 1 heterocycles. The molecule has 5 heteroatoms. The Bertz CT molecular complexity index is 1250. The van der Waals surface area contributed by atoms with Crippen LogP contribution in [0.15, 0.2) is 78.4 Å². The van der Waals surface area contributed by atoms with Gasteiger partial charge in [-0.2, -0.15) is 0 Å². The molecule has 1 atom stereocenters. The SMILES string of the molecule is Cc1cc(/C(O)=C2/C(=O)C(=O)N(c3ccccc3)C2c2ccc(C(C)(C)C)cc2)ccc1F. The lowest BCUT2D eigenvalue weighted by Gasteiger charge is -2.26. The van der Waals surface area contributed by atoms with Crippen LogP contribution >= 0.6 is 0 Å². The summed E-state index contributed by atoms with van der Waals surface area (Å²) in [6.45, 7) is 7.90. The van der Waals surface area contributed by atoms with Crippen molar-refractivity contribution in [1.82, 2.24) is 0 Å². The van der Waals surface area contributed by atoms with Crippen molar-refractivity contribution in [2.75, 3.05) is 4.90 Å². The van der Waals surface area contributed by atoms with Gasteiger partial charge in [0.05, 0.1) is 11.6 Å². The predicted molar refractivity (Wildman–Crippen MR) is 128 cm³/mol. The first-order chi connectivity index (χ1) is 15.6. The van der Waals surface area contributed by atoms with Crippen molar-refractivity contribution >= 4 is 23.1 Å². The van der Waals surface area contributed by atoms with Crippen molar-refractivity contribution in [3.8, 4) is 0 Å². The van der Waals surface area contributed by atoms with Gasteiger partial charge in [-0.1, -0.05) is 63.2 Å². The Morgan fingerprint density at radius 2 is 1.58 bits per heavy atom. The molecule has 4 rings (SSSR count). The lowest BCUT2D eigenvalue weighted by Crippen LogP contribution is -2.29. The molecule has 1 aliphatic heterocycles. The topological polar surface area (TPSA) is 57.6 Å². The standard InChI is InChI=1S/C28H26FNO3/c1-17-16-19(12-15-22(17)29)25(31)23-24(18-10-13-20(14-11-18)28(2,3)4)30(27(33)26(23)32)21-8-6-5-7-9-21/h5-16,24,31H,1-4H3/b25-23-. The van der Waals surface area contributed by atoms with E-state index in [4.69, 9.17) is 0 Å². The summed E-state index contributed by atoms with van der Waals surface area (Å²) in [5.41, 5.74) is 2.91. The van der Waals surface area contributed by atoms with Gasteiger partial charge in [0.15, 0.2) is 0 Å². The number of Topliss-reactive ketones (excluding diaryl/α,β-unsaturated/α-hetero) is 1. The fourth-order valence-electron chi connectivity index (χ4n) is 4.12. The van der Waals surface area contributed by atoms with Gasteiger partial charge in [0.1, 0.15) is 11.6 Å². The fraction of sp³-hybridized carbons (Fsp3) is 0.214. The van der Waals surface area contributed by atoms with Crippen molar-refractivity contribution in [3.63, 3.8) is 0 Å². The zero-order chi connectivity index (χ0) is 23.9. The normalized spacial score (nSPS) is 18.1. The van der Waals surface area contributed by atoms with Gasteiger partial charge in [0, 0.05) is 11.3 Å². The van der Waals surface area contributed by atoms with Crippen LogP contribution in [0.4, 0.5) is 10.1 Å². The number of benzene rings is 3. The van der Waals surface area contributed by atoms with Gasteiger partial charge in [-0.25, -0.2) is 4.39 Å². The molecule has 1 fully saturated rings. The maximum absolute atomic E-state index is 13.8. The number of hydrogen-bond donors (Lipinski definition) is 1. The minimum absolute atomic E-state index is 0.0154. The van der Waals surface area contributed by atoms with Crippen LogP contribution in [0.5, 0.6) is 0 Å². The summed E-state index contributed by atoms with van der Waals surface area (Å²) in [6, 6.07) is 19.9. The zero-order valence-electron chi connectivity index (χ0n) is 19.1. The van der Waals surface area contributed by atoms with Crippen LogP contribution in [0, 0.1) is 12.7 Å². The predicted octanol–water partition coefficient (Wildman–Crippen LogP) is 6.06. The summed E-state index contributed by atoms with van der Waals surface area (Å²) in [4.78, 5) is 27.7. The van der Waals surface area contributed by atoms with Gasteiger partial charge in [-0.15, -0.1) is 0 Å². The number of rotatable bonds is 3. The van der Waals surface area contributed by atoms with Crippen LogP contribution in [0.1, 0.15) is 49.1 Å². The number of aryl methyl sites for hydroxylation is 1. The third kappa shape index (κ3) is 4.07. The highest BCUT2D eigenvalue weighted by atomic mass is 19.1. The average Bonchev–Trinajstić information content (AvgIpc) is 3.06. The lowest BCUT2D eigenvalue weighted by molar-refractivity contribution is -0.132. The molecule has 0 radical (unpaired) electrons. The van der Waals surface area contributed by atoms with E-state index in [0.717, 1.165) is 5.56 Å². The second-order valence-corrected chi connectivity index (χ2v) is 9.34. The van der Waals surface area contributed by atoms with E-state index in [1.807, 2.05) is 30.3 Å². The van der Waals surface area contributed by atoms with Crippen molar-refractivity contribution in [2.24, 2.45) is 0 Å². The molecular weight excluding hydrogens is 417 g/mol. The molecule has 3 aromatic rings. The van der Waals surface area contributed by atoms with Gasteiger partial charge in [-0.05, 0) is 59.4 Å². The highest BCUT2D eigenvalue weighted by Gasteiger charge is 2.47. The maximum Gasteiger partial charge on any atom is 0.300 e. The molecule has 4 nitrogen and oxygen atoms in total. The fourth-order valence-corrected chi connectivity index (χ4v) is 4.12. The van der Waals surface area contributed by atoms with Crippen LogP contribution in [0.2, 0.25) is 0 Å². The summed E-state index contributed by atoms with van der Waals surface area (Å²) in [5.74, 6) is -2.22. The van der Waals surface area contributed by atoms with E-state index in [1.54, 1.807) is 31.2 Å². The molecule has 3 aromatic carbocycles. The summed E-state index contributed by atoms with van der Waals surface area (Å²) in [6.07, 6.45) is 0. The molecule has 1 saturated heterocycles. The molecule has 33 heavy (non-hydrogen) atoms. The average molecular weight is 444 g/mol. The van der Waals surface area contributed by atoms with E-state index < -0.39 is 23.5 Å². The number of aliphatic hydroxyl groups excluding tert-OH is 1. The Morgan fingerprint density at radius 1 is 0.939 bits per heavy atom. The first kappa shape index (κ1) is 22.5. The molecule has 0 saturated carbocycles. The van der Waals surface area contributed by atoms with E-state index in [2.05, 4.69) is 20.8 Å². The van der Waals surface area contributed by atoms with Crippen LogP contribution in [0.25, 0.3) is 5.76 Å². The number of ketones is 1. The number of halogens is 1. The van der Waals surface area contributed by atoms with E-state index in [-0.39, 0.29) is 22.3 Å². The molecule has 0 spiro atoms. The van der Waals surface area contributed by atoms with Gasteiger partial charge in [0.25, 0.3) is 11.7 Å². The second-order valence-electron chi connectivity index (χ2n) is 9.34. The highest BCUT2D eigenvalue weighted by molar-refractivity contribution is 6.51. The molecule has 0 aliphatic carbocycles. The first-order valence-electron chi connectivity index (χ1n) is 10.8. The van der Waals surface area contributed by atoms with Gasteiger partial charge >= 0.3 is 0 Å². The molecule has 1 unspecified atom stereocenters. The largest absolute Gasteiger partial charge is 0.507 e. The summed E-state index contributed by atoms with van der Waals surface area (Å²) >= 11 is 0. The number of carbonyl (C=O) groups excluding carboxylic acids is 2. The number of aliphatic hydroxyl groups is 1. The third-order valence-corrected chi connectivity index (χ3v) is 6.00. The number of para-hydroxylation sites is 1. The molecule has 1 amide bonds. The number of nitrogens with zero attached hydrogens (tertiary/aromatic N) is 1. The van der Waals surface area contributed by atoms with Crippen LogP contribution in [-0.4, -0.2) is 16.8 Å². The first-order valence-corrected chi connectivity index (χ1v) is 10.8. The molecule has 0 aromatic heterocycles. The Morgan fingerprint density at radius 3 is 2.15 bits per heavy atom. The van der Waals surface area contributed by atoms with Crippen molar-refractivity contribution in [3.05, 3.63) is 106 Å². The van der Waals surface area contributed by atoms with Crippen LogP contribution in [-0.2, 0) is 15.0 Å². The Kier molecular flexibility index (Phi) is 5.66. The Balaban J connectivity index is 1.93. The molecule has 1 N–H and O–H groups in total. The minimum atomic E-state index is -0.813. The lowest BCUT2D eigenvalue weighted by atomic mass is 9.85. The monoisotopic (exact) mass is 443 g/mol. The number of carbonyl (C=O) groups is 2. The second kappa shape index (κ2) is 8.32. The zero-order valence-corrected chi connectivity index (χ0v) is 19.1. The highest BCUT2D eigenvalue weighted by Crippen LogP contribution is 2.42. The van der Waals surface area contributed by atoms with Gasteiger partial charge < -0.3 is 5.11 Å². The minimum Gasteiger partial charge on any atom is -0.507 e. The molecular formula is C28H26FNO3. The molecule has 168 valence electrons. The van der Waals surface area contributed by atoms with Gasteiger partial charge in [0.2, 0.25) is 0 Å². The number of hydrogen-bond acceptors (Lipinski definition) is 3.